The van der Waals surface area contributed by atoms with Crippen LogP contribution >= 0.6 is 0 Å². The van der Waals surface area contributed by atoms with E-state index in [1.807, 2.05) is 24.3 Å². The third kappa shape index (κ3) is 4.13. The molecular weight excluding hydrogens is 358 g/mol. The maximum atomic E-state index is 12.3. The van der Waals surface area contributed by atoms with Crippen LogP contribution in [0.5, 0.6) is 11.5 Å². The second-order valence-electron chi connectivity index (χ2n) is 6.97. The van der Waals surface area contributed by atoms with Crippen LogP contribution in [0.1, 0.15) is 12.8 Å². The van der Waals surface area contributed by atoms with Gasteiger partial charge in [-0.05, 0) is 49.7 Å². The van der Waals surface area contributed by atoms with Gasteiger partial charge in [0.1, 0.15) is 17.1 Å². The number of morpholine rings is 1. The predicted molar refractivity (Wildman–Crippen MR) is 109 cm³/mol. The molecule has 6 heteroatoms. The van der Waals surface area contributed by atoms with Crippen LogP contribution < -0.4 is 15.1 Å². The van der Waals surface area contributed by atoms with Crippen molar-refractivity contribution in [2.45, 2.75) is 12.8 Å². The monoisotopic (exact) mass is 383 g/mol. The van der Waals surface area contributed by atoms with Gasteiger partial charge < -0.3 is 18.6 Å². The fourth-order valence-electron chi connectivity index (χ4n) is 3.56. The van der Waals surface area contributed by atoms with Gasteiger partial charge in [-0.15, -0.1) is 0 Å². The van der Waals surface area contributed by atoms with Crippen molar-refractivity contribution in [2.75, 3.05) is 46.6 Å². The van der Waals surface area contributed by atoms with Crippen LogP contribution in [0.15, 0.2) is 45.6 Å². The molecule has 1 fully saturated rings. The highest BCUT2D eigenvalue weighted by atomic mass is 16.5. The van der Waals surface area contributed by atoms with Gasteiger partial charge in [-0.3, -0.25) is 4.90 Å². The first kappa shape index (κ1) is 18.8. The molecule has 3 aromatic rings. The molecule has 148 valence electrons. The number of ether oxygens (including phenoxy) is 3. The van der Waals surface area contributed by atoms with Crippen molar-refractivity contribution in [2.24, 2.45) is 0 Å². The van der Waals surface area contributed by atoms with Gasteiger partial charge in [0.15, 0.2) is 0 Å². The molecule has 1 aliphatic heterocycles. The van der Waals surface area contributed by atoms with Crippen LogP contribution in [0.25, 0.3) is 21.7 Å². The number of hydrogen-bond donors (Lipinski definition) is 0. The Morgan fingerprint density at radius 2 is 1.75 bits per heavy atom. The van der Waals surface area contributed by atoms with E-state index < -0.39 is 0 Å². The van der Waals surface area contributed by atoms with Crippen LogP contribution in [-0.4, -0.2) is 51.5 Å². The van der Waals surface area contributed by atoms with Crippen molar-refractivity contribution >= 4 is 21.7 Å². The van der Waals surface area contributed by atoms with Gasteiger partial charge in [-0.25, -0.2) is 4.79 Å². The molecule has 2 heterocycles. The van der Waals surface area contributed by atoms with Crippen LogP contribution in [0, 0.1) is 0 Å². The molecule has 1 saturated heterocycles. The van der Waals surface area contributed by atoms with Crippen molar-refractivity contribution in [1.29, 1.82) is 0 Å². The fourth-order valence-corrected chi connectivity index (χ4v) is 3.56. The molecule has 28 heavy (non-hydrogen) atoms. The van der Waals surface area contributed by atoms with Gasteiger partial charge in [-0.1, -0.05) is 0 Å². The quantitative estimate of drug-likeness (QED) is 0.354. The van der Waals surface area contributed by atoms with E-state index in [0.29, 0.717) is 23.3 Å². The van der Waals surface area contributed by atoms with E-state index in [2.05, 4.69) is 4.90 Å². The first-order chi connectivity index (χ1) is 13.7. The third-order valence-electron chi connectivity index (χ3n) is 5.13. The van der Waals surface area contributed by atoms with E-state index >= 15 is 0 Å². The summed E-state index contributed by atoms with van der Waals surface area (Å²) in [6.45, 7) is 5.43. The van der Waals surface area contributed by atoms with Gasteiger partial charge in [0, 0.05) is 29.9 Å². The minimum absolute atomic E-state index is 0.371. The summed E-state index contributed by atoms with van der Waals surface area (Å²) >= 11 is 0. The molecule has 2 aromatic carbocycles. The van der Waals surface area contributed by atoms with Gasteiger partial charge in [0.05, 0.1) is 32.3 Å². The standard InChI is InChI=1S/C22H25NO5/c1-25-16-4-6-18-19-7-5-17(15-21(19)28-22(24)20(18)14-16)27-11-3-2-8-23-9-12-26-13-10-23/h4-7,14-15H,2-3,8-13H2,1H3. The van der Waals surface area contributed by atoms with Crippen molar-refractivity contribution in [3.8, 4) is 11.5 Å². The van der Waals surface area contributed by atoms with Crippen LogP contribution in [-0.2, 0) is 4.74 Å². The number of rotatable bonds is 7. The molecule has 0 radical (unpaired) electrons. The molecule has 0 amide bonds. The SMILES string of the molecule is COc1ccc2c(c1)c(=O)oc1cc(OCCCCN3CCOCC3)ccc12. The molecule has 6 nitrogen and oxygen atoms in total. The van der Waals surface area contributed by atoms with E-state index in [1.165, 1.54) is 0 Å². The van der Waals surface area contributed by atoms with Gasteiger partial charge in [0.25, 0.3) is 0 Å². The number of hydrogen-bond acceptors (Lipinski definition) is 6. The number of fused-ring (bicyclic) bond motifs is 3. The normalized spacial score (nSPS) is 15.2. The lowest BCUT2D eigenvalue weighted by Crippen LogP contribution is -2.36. The number of methoxy groups -OCH3 is 1. The summed E-state index contributed by atoms with van der Waals surface area (Å²) in [5.74, 6) is 1.35. The molecule has 1 aromatic heterocycles. The van der Waals surface area contributed by atoms with E-state index in [1.54, 1.807) is 19.2 Å². The summed E-state index contributed by atoms with van der Waals surface area (Å²) in [5.41, 5.74) is 0.164. The average molecular weight is 383 g/mol. The maximum Gasteiger partial charge on any atom is 0.344 e. The highest BCUT2D eigenvalue weighted by Gasteiger charge is 2.11. The van der Waals surface area contributed by atoms with Crippen molar-refractivity contribution < 1.29 is 18.6 Å². The minimum atomic E-state index is -0.371. The summed E-state index contributed by atoms with van der Waals surface area (Å²) < 4.78 is 21.9. The highest BCUT2D eigenvalue weighted by molar-refractivity contribution is 6.04. The Labute approximate surface area is 163 Å². The van der Waals surface area contributed by atoms with E-state index in [0.717, 1.165) is 62.2 Å². The van der Waals surface area contributed by atoms with E-state index in [9.17, 15) is 4.79 Å². The molecular formula is C22H25NO5. The maximum absolute atomic E-state index is 12.3. The third-order valence-corrected chi connectivity index (χ3v) is 5.13. The molecule has 0 atom stereocenters. The molecule has 1 aliphatic rings. The molecule has 4 rings (SSSR count). The Bertz CT molecular complexity index is 1010. The Morgan fingerprint density at radius 3 is 2.57 bits per heavy atom. The second-order valence-corrected chi connectivity index (χ2v) is 6.97. The second kappa shape index (κ2) is 8.63. The van der Waals surface area contributed by atoms with Crippen molar-refractivity contribution in [3.63, 3.8) is 0 Å². The van der Waals surface area contributed by atoms with Gasteiger partial charge in [-0.2, -0.15) is 0 Å². The Hall–Kier alpha value is -2.57. The first-order valence-corrected chi connectivity index (χ1v) is 9.72. The number of nitrogens with zero attached hydrogens (tertiary/aromatic N) is 1. The lowest BCUT2D eigenvalue weighted by molar-refractivity contribution is 0.0368. The molecule has 0 spiro atoms. The van der Waals surface area contributed by atoms with Gasteiger partial charge >= 0.3 is 5.63 Å². The summed E-state index contributed by atoms with van der Waals surface area (Å²) in [6, 6.07) is 11.1. The topological polar surface area (TPSA) is 61.1 Å². The Balaban J connectivity index is 1.41. The largest absolute Gasteiger partial charge is 0.497 e. The van der Waals surface area contributed by atoms with E-state index in [-0.39, 0.29) is 5.63 Å². The zero-order chi connectivity index (χ0) is 19.3. The van der Waals surface area contributed by atoms with Crippen molar-refractivity contribution in [3.05, 3.63) is 46.8 Å². The summed E-state index contributed by atoms with van der Waals surface area (Å²) in [7, 11) is 1.58. The number of benzene rings is 2. The smallest absolute Gasteiger partial charge is 0.344 e. The average Bonchev–Trinajstić information content (AvgIpc) is 2.74. The zero-order valence-electron chi connectivity index (χ0n) is 16.1. The Kier molecular flexibility index (Phi) is 5.78. The molecule has 0 saturated carbocycles. The highest BCUT2D eigenvalue weighted by Crippen LogP contribution is 2.28. The van der Waals surface area contributed by atoms with Gasteiger partial charge in [0.2, 0.25) is 0 Å². The fraction of sp³-hybridized carbons (Fsp3) is 0.409. The molecule has 0 N–H and O–H groups in total. The summed E-state index contributed by atoms with van der Waals surface area (Å²) in [4.78, 5) is 14.8. The van der Waals surface area contributed by atoms with Crippen LogP contribution in [0.2, 0.25) is 0 Å². The Morgan fingerprint density at radius 1 is 0.964 bits per heavy atom. The van der Waals surface area contributed by atoms with E-state index in [4.69, 9.17) is 18.6 Å². The molecule has 0 bridgehead atoms. The molecule has 0 unspecified atom stereocenters. The number of unbranched alkanes of at least 4 members (excludes halogenated alkanes) is 1. The summed E-state index contributed by atoms with van der Waals surface area (Å²) in [6.07, 6.45) is 2.08. The molecule has 0 aliphatic carbocycles. The minimum Gasteiger partial charge on any atom is -0.497 e. The van der Waals surface area contributed by atoms with Crippen LogP contribution in [0.3, 0.4) is 0 Å². The van der Waals surface area contributed by atoms with Crippen molar-refractivity contribution in [1.82, 2.24) is 4.90 Å². The lowest BCUT2D eigenvalue weighted by atomic mass is 10.1. The lowest BCUT2D eigenvalue weighted by Gasteiger charge is -2.26. The first-order valence-electron chi connectivity index (χ1n) is 9.72. The predicted octanol–water partition coefficient (Wildman–Crippen LogP) is 3.45. The zero-order valence-corrected chi connectivity index (χ0v) is 16.1. The van der Waals surface area contributed by atoms with Crippen LogP contribution in [0.4, 0.5) is 0 Å². The summed E-state index contributed by atoms with van der Waals surface area (Å²) in [5, 5.41) is 2.25.